The molecule has 0 N–H and O–H groups in total. The minimum atomic E-state index is -3.71. The van der Waals surface area contributed by atoms with Crippen molar-refractivity contribution in [3.05, 3.63) is 35.1 Å². The Morgan fingerprint density at radius 3 is 2.12 bits per heavy atom. The lowest BCUT2D eigenvalue weighted by Crippen LogP contribution is -2.55. The first kappa shape index (κ1) is 23.5. The van der Waals surface area contributed by atoms with Crippen LogP contribution in [0, 0.1) is 20.8 Å². The normalized spacial score (nSPS) is 18.6. The van der Waals surface area contributed by atoms with Crippen molar-refractivity contribution in [1.82, 2.24) is 24.2 Å². The number of carbonyl (C=O) groups is 2. The molecule has 2 aliphatic heterocycles. The van der Waals surface area contributed by atoms with Gasteiger partial charge in [-0.2, -0.15) is 4.31 Å². The SMILES string of the molecule is Cc1ccc(C(=O)N2CCN(CC(=O)N3CCN(S(=O)(=O)c4c(C)noc4C)CC3)CC2)o1. The lowest BCUT2D eigenvalue weighted by molar-refractivity contribution is -0.133. The van der Waals surface area contributed by atoms with Gasteiger partial charge < -0.3 is 18.7 Å². The molecule has 4 heterocycles. The summed E-state index contributed by atoms with van der Waals surface area (Å²) >= 11 is 0. The largest absolute Gasteiger partial charge is 0.456 e. The van der Waals surface area contributed by atoms with E-state index in [-0.39, 0.29) is 42.1 Å². The van der Waals surface area contributed by atoms with Gasteiger partial charge in [0, 0.05) is 52.4 Å². The molecule has 2 aliphatic rings. The van der Waals surface area contributed by atoms with Gasteiger partial charge in [-0.05, 0) is 32.9 Å². The summed E-state index contributed by atoms with van der Waals surface area (Å²) in [7, 11) is -3.71. The Kier molecular flexibility index (Phi) is 6.59. The van der Waals surface area contributed by atoms with Crippen LogP contribution in [0.2, 0.25) is 0 Å². The molecule has 0 bridgehead atoms. The van der Waals surface area contributed by atoms with Crippen molar-refractivity contribution in [2.75, 3.05) is 58.9 Å². The summed E-state index contributed by atoms with van der Waals surface area (Å²) in [6, 6.07) is 3.45. The molecule has 2 aromatic heterocycles. The van der Waals surface area contributed by atoms with Crippen molar-refractivity contribution >= 4 is 21.8 Å². The van der Waals surface area contributed by atoms with E-state index in [4.69, 9.17) is 8.94 Å². The Morgan fingerprint density at radius 1 is 0.939 bits per heavy atom. The van der Waals surface area contributed by atoms with Gasteiger partial charge in [0.15, 0.2) is 11.5 Å². The number of aryl methyl sites for hydroxylation is 3. The zero-order valence-corrected chi connectivity index (χ0v) is 19.9. The second-order valence-electron chi connectivity index (χ2n) is 8.42. The lowest BCUT2D eigenvalue weighted by atomic mass is 10.2. The topological polar surface area (TPSA) is 120 Å². The number of hydrogen-bond acceptors (Lipinski definition) is 8. The molecule has 0 radical (unpaired) electrons. The van der Waals surface area contributed by atoms with Crippen LogP contribution in [0.3, 0.4) is 0 Å². The van der Waals surface area contributed by atoms with E-state index in [1.165, 1.54) is 4.31 Å². The molecule has 12 heteroatoms. The number of nitrogens with zero attached hydrogens (tertiary/aromatic N) is 5. The fourth-order valence-electron chi connectivity index (χ4n) is 4.26. The fraction of sp³-hybridized carbons (Fsp3) is 0.571. The number of hydrogen-bond donors (Lipinski definition) is 0. The third-order valence-corrected chi connectivity index (χ3v) is 8.27. The summed E-state index contributed by atoms with van der Waals surface area (Å²) in [5, 5.41) is 3.74. The molecule has 4 rings (SSSR count). The van der Waals surface area contributed by atoms with E-state index >= 15 is 0 Å². The van der Waals surface area contributed by atoms with Crippen molar-refractivity contribution < 1.29 is 26.9 Å². The molecule has 0 aromatic carbocycles. The molecular formula is C21H29N5O6S. The number of amides is 2. The van der Waals surface area contributed by atoms with E-state index in [2.05, 4.69) is 5.16 Å². The van der Waals surface area contributed by atoms with Crippen LogP contribution in [-0.4, -0.2) is 103 Å². The van der Waals surface area contributed by atoms with Gasteiger partial charge in [0.05, 0.1) is 6.54 Å². The molecule has 33 heavy (non-hydrogen) atoms. The number of furan rings is 1. The van der Waals surface area contributed by atoms with Crippen LogP contribution in [0.25, 0.3) is 0 Å². The zero-order chi connectivity index (χ0) is 23.8. The first-order valence-corrected chi connectivity index (χ1v) is 12.4. The number of sulfonamides is 1. The summed E-state index contributed by atoms with van der Waals surface area (Å²) in [5.41, 5.74) is 0.339. The highest BCUT2D eigenvalue weighted by molar-refractivity contribution is 7.89. The molecule has 0 aliphatic carbocycles. The molecule has 2 fully saturated rings. The Hall–Kier alpha value is -2.70. The van der Waals surface area contributed by atoms with Gasteiger partial charge in [0.1, 0.15) is 16.3 Å². The Morgan fingerprint density at radius 2 is 1.58 bits per heavy atom. The quantitative estimate of drug-likeness (QED) is 0.607. The second-order valence-corrected chi connectivity index (χ2v) is 10.3. The smallest absolute Gasteiger partial charge is 0.289 e. The highest BCUT2D eigenvalue weighted by Gasteiger charge is 2.34. The molecule has 0 saturated carbocycles. The molecule has 11 nitrogen and oxygen atoms in total. The van der Waals surface area contributed by atoms with E-state index in [0.29, 0.717) is 56.5 Å². The van der Waals surface area contributed by atoms with E-state index in [0.717, 1.165) is 0 Å². The molecule has 0 unspecified atom stereocenters. The predicted octanol–water partition coefficient (Wildman–Crippen LogP) is 0.484. The van der Waals surface area contributed by atoms with Crippen molar-refractivity contribution in [2.45, 2.75) is 25.7 Å². The fourth-order valence-corrected chi connectivity index (χ4v) is 5.97. The average Bonchev–Trinajstić information content (AvgIpc) is 3.38. The summed E-state index contributed by atoms with van der Waals surface area (Å²) in [5.74, 6) is 1.13. The van der Waals surface area contributed by atoms with Gasteiger partial charge in [-0.1, -0.05) is 5.16 Å². The van der Waals surface area contributed by atoms with Crippen LogP contribution in [-0.2, 0) is 14.8 Å². The zero-order valence-electron chi connectivity index (χ0n) is 19.1. The van der Waals surface area contributed by atoms with Gasteiger partial charge in [0.25, 0.3) is 5.91 Å². The lowest BCUT2D eigenvalue weighted by Gasteiger charge is -2.37. The minimum Gasteiger partial charge on any atom is -0.456 e. The first-order valence-electron chi connectivity index (χ1n) is 11.0. The molecule has 2 aromatic rings. The number of aromatic nitrogens is 1. The second kappa shape index (κ2) is 9.27. The molecule has 0 atom stereocenters. The monoisotopic (exact) mass is 479 g/mol. The van der Waals surface area contributed by atoms with Crippen molar-refractivity contribution in [2.24, 2.45) is 0 Å². The highest BCUT2D eigenvalue weighted by Crippen LogP contribution is 2.24. The number of carbonyl (C=O) groups excluding carboxylic acids is 2. The van der Waals surface area contributed by atoms with Gasteiger partial charge >= 0.3 is 0 Å². The molecule has 2 amide bonds. The maximum atomic E-state index is 12.9. The summed E-state index contributed by atoms with van der Waals surface area (Å²) in [4.78, 5) is 30.9. The van der Waals surface area contributed by atoms with Crippen LogP contribution >= 0.6 is 0 Å². The first-order chi connectivity index (χ1) is 15.7. The summed E-state index contributed by atoms with van der Waals surface area (Å²) in [6.07, 6.45) is 0. The predicted molar refractivity (Wildman–Crippen MR) is 117 cm³/mol. The van der Waals surface area contributed by atoms with Crippen LogP contribution in [0.5, 0.6) is 0 Å². The average molecular weight is 480 g/mol. The van der Waals surface area contributed by atoms with Gasteiger partial charge in [-0.25, -0.2) is 8.42 Å². The van der Waals surface area contributed by atoms with E-state index in [9.17, 15) is 18.0 Å². The van der Waals surface area contributed by atoms with Crippen LogP contribution in [0.1, 0.15) is 27.8 Å². The maximum Gasteiger partial charge on any atom is 0.289 e. The Labute approximate surface area is 192 Å². The van der Waals surface area contributed by atoms with Crippen LogP contribution < -0.4 is 0 Å². The van der Waals surface area contributed by atoms with Gasteiger partial charge in [-0.15, -0.1) is 0 Å². The summed E-state index contributed by atoms with van der Waals surface area (Å²) in [6.45, 7) is 8.58. The Bertz CT molecular complexity index is 1100. The highest BCUT2D eigenvalue weighted by atomic mass is 32.2. The minimum absolute atomic E-state index is 0.0363. The van der Waals surface area contributed by atoms with Crippen molar-refractivity contribution in [1.29, 1.82) is 0 Å². The number of rotatable bonds is 5. The van der Waals surface area contributed by atoms with Crippen molar-refractivity contribution in [3.8, 4) is 0 Å². The van der Waals surface area contributed by atoms with Gasteiger partial charge in [0.2, 0.25) is 15.9 Å². The third kappa shape index (κ3) is 4.82. The standard InChI is InChI=1S/C21H29N5O6S/c1-15-4-5-18(31-15)21(28)25-8-6-23(7-9-25)14-19(27)24-10-12-26(13-11-24)33(29,30)20-16(2)22-32-17(20)3/h4-5H,6-14H2,1-3H3. The maximum absolute atomic E-state index is 12.9. The molecular weight excluding hydrogens is 450 g/mol. The van der Waals surface area contributed by atoms with E-state index < -0.39 is 10.0 Å². The molecule has 180 valence electrons. The van der Waals surface area contributed by atoms with E-state index in [1.807, 2.05) is 4.90 Å². The summed E-state index contributed by atoms with van der Waals surface area (Å²) < 4.78 is 37.7. The van der Waals surface area contributed by atoms with E-state index in [1.54, 1.807) is 42.7 Å². The molecule has 2 saturated heterocycles. The molecule has 0 spiro atoms. The third-order valence-electron chi connectivity index (χ3n) is 6.13. The van der Waals surface area contributed by atoms with Crippen molar-refractivity contribution in [3.63, 3.8) is 0 Å². The van der Waals surface area contributed by atoms with Gasteiger partial charge in [-0.3, -0.25) is 14.5 Å². The Balaban J connectivity index is 1.26. The number of piperazine rings is 2. The van der Waals surface area contributed by atoms with Crippen LogP contribution in [0.15, 0.2) is 26.0 Å². The van der Waals surface area contributed by atoms with Crippen LogP contribution in [0.4, 0.5) is 0 Å².